The molecule has 0 aromatic heterocycles. The van der Waals surface area contributed by atoms with Gasteiger partial charge in [-0.1, -0.05) is 0 Å². The molecule has 3 amide bonds. The number of hydrogen-bond donors (Lipinski definition) is 2. The summed E-state index contributed by atoms with van der Waals surface area (Å²) >= 11 is 0. The van der Waals surface area contributed by atoms with Gasteiger partial charge >= 0.3 is 18.0 Å². The number of rotatable bonds is 2. The molecule has 1 heterocycles. The predicted octanol–water partition coefficient (Wildman–Crippen LogP) is 0.0964. The Morgan fingerprint density at radius 2 is 1.83 bits per heavy atom. The third-order valence-electron chi connectivity index (χ3n) is 2.94. The van der Waals surface area contributed by atoms with Gasteiger partial charge in [-0.05, 0) is 40.5 Å². The van der Waals surface area contributed by atoms with Gasteiger partial charge in [-0.3, -0.25) is 25.3 Å². The highest BCUT2D eigenvalue weighted by molar-refractivity contribution is 6.32. The third kappa shape index (κ3) is 5.76. The molecule has 0 radical (unpaired) electrons. The van der Waals surface area contributed by atoms with Gasteiger partial charge in [0.15, 0.2) is 0 Å². The van der Waals surface area contributed by atoms with Crippen LogP contribution in [-0.2, 0) is 23.9 Å². The van der Waals surface area contributed by atoms with Crippen molar-refractivity contribution in [2.24, 2.45) is 0 Å². The average Bonchev–Trinajstić information content (AvgIpc) is 2.92. The van der Waals surface area contributed by atoms with Crippen LogP contribution in [0.3, 0.4) is 0 Å². The Bertz CT molecular complexity index is 485. The molecule has 9 nitrogen and oxygen atoms in total. The topological polar surface area (TPSA) is 114 Å². The summed E-state index contributed by atoms with van der Waals surface area (Å²) in [6.07, 6.45) is 0.496. The highest BCUT2D eigenvalue weighted by Gasteiger charge is 2.36. The number of nitrogens with one attached hydrogen (secondary N) is 2. The van der Waals surface area contributed by atoms with Gasteiger partial charge in [0.2, 0.25) is 0 Å². The van der Waals surface area contributed by atoms with Gasteiger partial charge in [-0.15, -0.1) is 0 Å². The van der Waals surface area contributed by atoms with Gasteiger partial charge < -0.3 is 9.47 Å². The van der Waals surface area contributed by atoms with E-state index in [4.69, 9.17) is 4.74 Å². The van der Waals surface area contributed by atoms with E-state index in [1.807, 2.05) is 5.43 Å². The van der Waals surface area contributed by atoms with Gasteiger partial charge in [0.1, 0.15) is 11.6 Å². The lowest BCUT2D eigenvalue weighted by Gasteiger charge is -2.27. The summed E-state index contributed by atoms with van der Waals surface area (Å²) in [5, 5.41) is 0. The molecule has 23 heavy (non-hydrogen) atoms. The largest absolute Gasteiger partial charge is 0.459 e. The van der Waals surface area contributed by atoms with Gasteiger partial charge in [0, 0.05) is 6.54 Å². The van der Waals surface area contributed by atoms with Crippen LogP contribution in [-0.4, -0.2) is 53.6 Å². The van der Waals surface area contributed by atoms with Crippen molar-refractivity contribution in [3.8, 4) is 0 Å². The first-order valence-electron chi connectivity index (χ1n) is 7.42. The standard InChI is InChI=1S/C14H23N3O6/c1-5-22-12(20)11(19)16-15-10(18)9-7-6-8-17(9)13(21)23-14(2,3)4/h9H,5-8H2,1-4H3,(H,15,18)(H,16,19). The van der Waals surface area contributed by atoms with E-state index in [1.165, 1.54) is 4.90 Å². The number of amides is 3. The summed E-state index contributed by atoms with van der Waals surface area (Å²) in [7, 11) is 0. The molecule has 0 spiro atoms. The Balaban J connectivity index is 2.56. The smallest absolute Gasteiger partial charge is 0.410 e. The minimum absolute atomic E-state index is 0.0508. The van der Waals surface area contributed by atoms with E-state index in [-0.39, 0.29) is 6.61 Å². The first kappa shape index (κ1) is 18.7. The number of carbonyl (C=O) groups excluding carboxylic acids is 4. The van der Waals surface area contributed by atoms with Crippen molar-refractivity contribution >= 4 is 23.9 Å². The lowest BCUT2D eigenvalue weighted by molar-refractivity contribution is -0.155. The minimum Gasteiger partial charge on any atom is -0.459 e. The van der Waals surface area contributed by atoms with E-state index in [0.29, 0.717) is 19.4 Å². The fourth-order valence-corrected chi connectivity index (χ4v) is 2.03. The number of likely N-dealkylation sites (tertiary alicyclic amines) is 1. The van der Waals surface area contributed by atoms with Crippen molar-refractivity contribution < 1.29 is 28.7 Å². The summed E-state index contributed by atoms with van der Waals surface area (Å²) < 4.78 is 9.73. The highest BCUT2D eigenvalue weighted by Crippen LogP contribution is 2.20. The van der Waals surface area contributed by atoms with Crippen molar-refractivity contribution in [2.75, 3.05) is 13.2 Å². The quantitative estimate of drug-likeness (QED) is 0.422. The molecule has 0 aromatic carbocycles. The molecule has 1 saturated heterocycles. The Morgan fingerprint density at radius 3 is 2.39 bits per heavy atom. The Kier molecular flexibility index (Phi) is 6.35. The second kappa shape index (κ2) is 7.80. The van der Waals surface area contributed by atoms with E-state index >= 15 is 0 Å². The molecule has 130 valence electrons. The lowest BCUT2D eigenvalue weighted by atomic mass is 10.2. The second-order valence-electron chi connectivity index (χ2n) is 6.00. The summed E-state index contributed by atoms with van der Waals surface area (Å²) in [5.74, 6) is -2.77. The van der Waals surface area contributed by atoms with Crippen LogP contribution in [0.5, 0.6) is 0 Å². The van der Waals surface area contributed by atoms with Crippen molar-refractivity contribution in [2.45, 2.75) is 52.2 Å². The van der Waals surface area contributed by atoms with Crippen LogP contribution in [0, 0.1) is 0 Å². The van der Waals surface area contributed by atoms with Gasteiger partial charge in [0.25, 0.3) is 5.91 Å². The van der Waals surface area contributed by atoms with Crippen LogP contribution in [0.25, 0.3) is 0 Å². The van der Waals surface area contributed by atoms with Crippen LogP contribution in [0.2, 0.25) is 0 Å². The fourth-order valence-electron chi connectivity index (χ4n) is 2.03. The molecule has 1 rings (SSSR count). The monoisotopic (exact) mass is 329 g/mol. The number of ether oxygens (including phenoxy) is 2. The van der Waals surface area contributed by atoms with Crippen LogP contribution < -0.4 is 10.9 Å². The Labute approximate surface area is 134 Å². The predicted molar refractivity (Wildman–Crippen MR) is 78.9 cm³/mol. The molecule has 1 atom stereocenters. The minimum atomic E-state index is -1.09. The van der Waals surface area contributed by atoms with Crippen molar-refractivity contribution in [1.29, 1.82) is 0 Å². The molecule has 0 aromatic rings. The highest BCUT2D eigenvalue weighted by atomic mass is 16.6. The average molecular weight is 329 g/mol. The van der Waals surface area contributed by atoms with E-state index in [1.54, 1.807) is 27.7 Å². The molecule has 1 fully saturated rings. The lowest BCUT2D eigenvalue weighted by Crippen LogP contribution is -2.53. The number of carbonyl (C=O) groups is 4. The van der Waals surface area contributed by atoms with Crippen LogP contribution in [0.15, 0.2) is 0 Å². The van der Waals surface area contributed by atoms with Crippen molar-refractivity contribution in [3.05, 3.63) is 0 Å². The zero-order chi connectivity index (χ0) is 17.6. The summed E-state index contributed by atoms with van der Waals surface area (Å²) in [5.41, 5.74) is 3.41. The second-order valence-corrected chi connectivity index (χ2v) is 6.00. The summed E-state index contributed by atoms with van der Waals surface area (Å²) in [4.78, 5) is 47.9. The molecule has 1 unspecified atom stereocenters. The molecular formula is C14H23N3O6. The SMILES string of the molecule is CCOC(=O)C(=O)NNC(=O)C1CCCN1C(=O)OC(C)(C)C. The van der Waals surface area contributed by atoms with Crippen LogP contribution >= 0.6 is 0 Å². The molecule has 1 aliphatic rings. The Morgan fingerprint density at radius 1 is 1.17 bits per heavy atom. The number of nitrogens with zero attached hydrogens (tertiary/aromatic N) is 1. The third-order valence-corrected chi connectivity index (χ3v) is 2.94. The number of esters is 1. The molecular weight excluding hydrogens is 306 g/mol. The van der Waals surface area contributed by atoms with Gasteiger partial charge in [0.05, 0.1) is 6.61 Å². The fraction of sp³-hybridized carbons (Fsp3) is 0.714. The Hall–Kier alpha value is -2.32. The zero-order valence-corrected chi connectivity index (χ0v) is 13.8. The molecule has 2 N–H and O–H groups in total. The molecule has 0 saturated carbocycles. The molecule has 0 bridgehead atoms. The first-order valence-corrected chi connectivity index (χ1v) is 7.42. The normalized spacial score (nSPS) is 17.4. The van der Waals surface area contributed by atoms with Crippen molar-refractivity contribution in [1.82, 2.24) is 15.8 Å². The summed E-state index contributed by atoms with van der Waals surface area (Å²) in [6.45, 7) is 7.19. The van der Waals surface area contributed by atoms with E-state index < -0.39 is 35.5 Å². The maximum atomic E-state index is 12.1. The molecule has 0 aliphatic carbocycles. The maximum absolute atomic E-state index is 12.1. The first-order chi connectivity index (χ1) is 10.7. The van der Waals surface area contributed by atoms with Gasteiger partial charge in [-0.25, -0.2) is 9.59 Å². The zero-order valence-electron chi connectivity index (χ0n) is 13.8. The van der Waals surface area contributed by atoms with Crippen LogP contribution in [0.1, 0.15) is 40.5 Å². The number of hydrazine groups is 1. The number of hydrogen-bond acceptors (Lipinski definition) is 6. The maximum Gasteiger partial charge on any atom is 0.410 e. The van der Waals surface area contributed by atoms with Gasteiger partial charge in [-0.2, -0.15) is 0 Å². The van der Waals surface area contributed by atoms with E-state index in [2.05, 4.69) is 10.2 Å². The molecule has 1 aliphatic heterocycles. The van der Waals surface area contributed by atoms with E-state index in [9.17, 15) is 19.2 Å². The summed E-state index contributed by atoms with van der Waals surface area (Å²) in [6, 6.07) is -0.757. The van der Waals surface area contributed by atoms with Crippen molar-refractivity contribution in [3.63, 3.8) is 0 Å². The van der Waals surface area contributed by atoms with E-state index in [0.717, 1.165) is 0 Å². The molecule has 9 heteroatoms. The van der Waals surface area contributed by atoms with Crippen LogP contribution in [0.4, 0.5) is 4.79 Å².